The molecule has 0 unspecified atom stereocenters. The summed E-state index contributed by atoms with van der Waals surface area (Å²) >= 11 is 6.09. The highest BCUT2D eigenvalue weighted by Gasteiger charge is 2.34. The molecule has 0 bridgehead atoms. The van der Waals surface area contributed by atoms with Crippen molar-refractivity contribution in [1.29, 1.82) is 0 Å². The summed E-state index contributed by atoms with van der Waals surface area (Å²) < 4.78 is 5.14. The van der Waals surface area contributed by atoms with Gasteiger partial charge in [-0.25, -0.2) is 0 Å². The van der Waals surface area contributed by atoms with Crippen LogP contribution in [0.3, 0.4) is 0 Å². The van der Waals surface area contributed by atoms with E-state index in [1.165, 1.54) is 0 Å². The van der Waals surface area contributed by atoms with Gasteiger partial charge in [-0.1, -0.05) is 29.8 Å². The van der Waals surface area contributed by atoms with E-state index in [1.54, 1.807) is 18.1 Å². The number of likely N-dealkylation sites (tertiary alicyclic amines) is 1. The van der Waals surface area contributed by atoms with Crippen LogP contribution in [0, 0.1) is 12.8 Å². The summed E-state index contributed by atoms with van der Waals surface area (Å²) in [6, 6.07) is 13.0. The van der Waals surface area contributed by atoms with Crippen molar-refractivity contribution in [3.05, 3.63) is 58.6 Å². The largest absolute Gasteiger partial charge is 0.497 e. The monoisotopic (exact) mass is 372 g/mol. The predicted molar refractivity (Wildman–Crippen MR) is 101 cm³/mol. The molecule has 3 rings (SSSR count). The Balaban J connectivity index is 1.60. The number of nitrogens with zero attached hydrogens (tertiary/aromatic N) is 1. The van der Waals surface area contributed by atoms with E-state index in [9.17, 15) is 9.59 Å². The standard InChI is InChI=1S/C20H21ClN2O3/c1-13-3-6-16(10-18(13)21)22-20(25)15-9-19(24)23(12-15)11-14-4-7-17(26-2)8-5-14/h3-8,10,15H,9,11-12H2,1-2H3,(H,22,25)/t15-/m0/s1. The molecule has 1 aliphatic rings. The van der Waals surface area contributed by atoms with Crippen molar-refractivity contribution in [1.82, 2.24) is 4.90 Å². The van der Waals surface area contributed by atoms with Crippen LogP contribution in [0.2, 0.25) is 5.02 Å². The summed E-state index contributed by atoms with van der Waals surface area (Å²) in [5, 5.41) is 3.46. The Bertz CT molecular complexity index is 820. The quantitative estimate of drug-likeness (QED) is 0.871. The molecule has 0 spiro atoms. The lowest BCUT2D eigenvalue weighted by Crippen LogP contribution is -2.28. The van der Waals surface area contributed by atoms with E-state index in [-0.39, 0.29) is 24.2 Å². The van der Waals surface area contributed by atoms with Gasteiger partial charge in [0.05, 0.1) is 13.0 Å². The maximum absolute atomic E-state index is 12.5. The first-order valence-electron chi connectivity index (χ1n) is 8.44. The average molecular weight is 373 g/mol. The van der Waals surface area contributed by atoms with E-state index in [4.69, 9.17) is 16.3 Å². The van der Waals surface area contributed by atoms with Gasteiger partial charge in [-0.2, -0.15) is 0 Å². The van der Waals surface area contributed by atoms with E-state index in [1.807, 2.05) is 43.3 Å². The van der Waals surface area contributed by atoms with Crippen molar-refractivity contribution in [2.45, 2.75) is 19.9 Å². The molecule has 1 heterocycles. The molecule has 136 valence electrons. The molecule has 2 amide bonds. The third-order valence-corrected chi connectivity index (χ3v) is 4.96. The lowest BCUT2D eigenvalue weighted by atomic mass is 10.1. The minimum atomic E-state index is -0.360. The Morgan fingerprint density at radius 2 is 2.00 bits per heavy atom. The first-order valence-corrected chi connectivity index (χ1v) is 8.82. The van der Waals surface area contributed by atoms with Gasteiger partial charge in [-0.3, -0.25) is 9.59 Å². The van der Waals surface area contributed by atoms with Crippen LogP contribution in [0.25, 0.3) is 0 Å². The van der Waals surface area contributed by atoms with E-state index >= 15 is 0 Å². The number of anilines is 1. The summed E-state index contributed by atoms with van der Waals surface area (Å²) in [5.41, 5.74) is 2.60. The molecule has 6 heteroatoms. The summed E-state index contributed by atoms with van der Waals surface area (Å²) in [5.74, 6) is 0.245. The minimum Gasteiger partial charge on any atom is -0.497 e. The Hall–Kier alpha value is -2.53. The molecule has 0 saturated carbocycles. The topological polar surface area (TPSA) is 58.6 Å². The van der Waals surface area contributed by atoms with E-state index in [0.29, 0.717) is 23.8 Å². The predicted octanol–water partition coefficient (Wildman–Crippen LogP) is 3.64. The molecule has 1 saturated heterocycles. The first-order chi connectivity index (χ1) is 12.5. The summed E-state index contributed by atoms with van der Waals surface area (Å²) in [7, 11) is 1.61. The van der Waals surface area contributed by atoms with Crippen LogP contribution in [0.1, 0.15) is 17.5 Å². The number of carbonyl (C=O) groups excluding carboxylic acids is 2. The van der Waals surface area contributed by atoms with Crippen molar-refractivity contribution < 1.29 is 14.3 Å². The van der Waals surface area contributed by atoms with Gasteiger partial charge in [-0.15, -0.1) is 0 Å². The summed E-state index contributed by atoms with van der Waals surface area (Å²) in [4.78, 5) is 26.5. The maximum atomic E-state index is 12.5. The zero-order valence-electron chi connectivity index (χ0n) is 14.8. The van der Waals surface area contributed by atoms with Crippen molar-refractivity contribution in [3.8, 4) is 5.75 Å². The molecular formula is C20H21ClN2O3. The Labute approximate surface area is 157 Å². The van der Waals surface area contributed by atoms with Gasteiger partial charge >= 0.3 is 0 Å². The smallest absolute Gasteiger partial charge is 0.229 e. The highest BCUT2D eigenvalue weighted by atomic mass is 35.5. The van der Waals surface area contributed by atoms with Crippen molar-refractivity contribution in [2.24, 2.45) is 5.92 Å². The Kier molecular flexibility index (Phi) is 5.47. The number of nitrogens with one attached hydrogen (secondary N) is 1. The van der Waals surface area contributed by atoms with E-state index < -0.39 is 0 Å². The number of benzene rings is 2. The second-order valence-corrected chi connectivity index (χ2v) is 6.88. The Morgan fingerprint density at radius 3 is 2.65 bits per heavy atom. The second-order valence-electron chi connectivity index (χ2n) is 6.48. The number of carbonyl (C=O) groups is 2. The Morgan fingerprint density at radius 1 is 1.27 bits per heavy atom. The zero-order chi connectivity index (χ0) is 18.7. The van der Waals surface area contributed by atoms with Crippen LogP contribution in [0.4, 0.5) is 5.69 Å². The minimum absolute atomic E-state index is 0.0112. The number of hydrogen-bond acceptors (Lipinski definition) is 3. The van der Waals surface area contributed by atoms with Gasteiger partial charge < -0.3 is 15.0 Å². The van der Waals surface area contributed by atoms with Gasteiger partial charge in [0, 0.05) is 30.2 Å². The molecule has 0 aromatic heterocycles. The number of methoxy groups -OCH3 is 1. The third-order valence-electron chi connectivity index (χ3n) is 4.56. The number of aryl methyl sites for hydroxylation is 1. The van der Waals surface area contributed by atoms with Gasteiger partial charge in [-0.05, 0) is 42.3 Å². The SMILES string of the molecule is COc1ccc(CN2C[C@@H](C(=O)Nc3ccc(C)c(Cl)c3)CC2=O)cc1. The number of ether oxygens (including phenoxy) is 1. The fourth-order valence-electron chi connectivity index (χ4n) is 2.97. The molecular weight excluding hydrogens is 352 g/mol. The lowest BCUT2D eigenvalue weighted by Gasteiger charge is -2.17. The highest BCUT2D eigenvalue weighted by Crippen LogP contribution is 2.24. The molecule has 1 atom stereocenters. The molecule has 1 fully saturated rings. The zero-order valence-corrected chi connectivity index (χ0v) is 15.5. The van der Waals surface area contributed by atoms with Crippen LogP contribution in [-0.2, 0) is 16.1 Å². The molecule has 0 aliphatic carbocycles. The van der Waals surface area contributed by atoms with Crippen LogP contribution in [-0.4, -0.2) is 30.4 Å². The summed E-state index contributed by atoms with van der Waals surface area (Å²) in [6.45, 7) is 2.81. The normalized spacial score (nSPS) is 16.7. The van der Waals surface area contributed by atoms with Gasteiger partial charge in [0.25, 0.3) is 0 Å². The van der Waals surface area contributed by atoms with Crippen molar-refractivity contribution >= 4 is 29.1 Å². The van der Waals surface area contributed by atoms with Crippen molar-refractivity contribution in [2.75, 3.05) is 19.0 Å². The van der Waals surface area contributed by atoms with E-state index in [0.717, 1.165) is 16.9 Å². The first kappa shape index (κ1) is 18.3. The molecule has 26 heavy (non-hydrogen) atoms. The third kappa shape index (κ3) is 4.17. The second kappa shape index (κ2) is 7.79. The molecule has 1 aliphatic heterocycles. The molecule has 5 nitrogen and oxygen atoms in total. The molecule has 2 aromatic carbocycles. The lowest BCUT2D eigenvalue weighted by molar-refractivity contribution is -0.128. The molecule has 2 aromatic rings. The van der Waals surface area contributed by atoms with Crippen LogP contribution < -0.4 is 10.1 Å². The fourth-order valence-corrected chi connectivity index (χ4v) is 3.15. The number of hydrogen-bond donors (Lipinski definition) is 1. The highest BCUT2D eigenvalue weighted by molar-refractivity contribution is 6.31. The van der Waals surface area contributed by atoms with Crippen LogP contribution >= 0.6 is 11.6 Å². The number of amides is 2. The average Bonchev–Trinajstić information content (AvgIpc) is 3.00. The fraction of sp³-hybridized carbons (Fsp3) is 0.300. The van der Waals surface area contributed by atoms with Gasteiger partial charge in [0.2, 0.25) is 11.8 Å². The van der Waals surface area contributed by atoms with Gasteiger partial charge in [0.15, 0.2) is 0 Å². The number of halogens is 1. The summed E-state index contributed by atoms with van der Waals surface area (Å²) in [6.07, 6.45) is 0.224. The van der Waals surface area contributed by atoms with Crippen molar-refractivity contribution in [3.63, 3.8) is 0 Å². The van der Waals surface area contributed by atoms with E-state index in [2.05, 4.69) is 5.32 Å². The molecule has 0 radical (unpaired) electrons. The maximum Gasteiger partial charge on any atom is 0.229 e. The van der Waals surface area contributed by atoms with Gasteiger partial charge in [0.1, 0.15) is 5.75 Å². The van der Waals surface area contributed by atoms with Crippen LogP contribution in [0.15, 0.2) is 42.5 Å². The van der Waals surface area contributed by atoms with Crippen LogP contribution in [0.5, 0.6) is 5.75 Å². The number of rotatable bonds is 5. The molecule has 1 N–H and O–H groups in total.